The molecule has 0 unspecified atom stereocenters. The van der Waals surface area contributed by atoms with Crippen LogP contribution >= 0.6 is 0 Å². The number of fused-ring (bicyclic) bond motifs is 1. The number of hydrogen-bond acceptors (Lipinski definition) is 2. The van der Waals surface area contributed by atoms with Crippen LogP contribution in [-0.4, -0.2) is 22.9 Å². The van der Waals surface area contributed by atoms with Gasteiger partial charge in [-0.1, -0.05) is 40.7 Å². The van der Waals surface area contributed by atoms with Crippen molar-refractivity contribution in [2.24, 2.45) is 13.0 Å². The van der Waals surface area contributed by atoms with Crippen LogP contribution in [0.25, 0.3) is 10.9 Å². The molecule has 124 valence electrons. The first-order valence-electron chi connectivity index (χ1n) is 8.83. The highest BCUT2D eigenvalue weighted by molar-refractivity contribution is 5.93. The van der Waals surface area contributed by atoms with Crippen LogP contribution in [0.5, 0.6) is 0 Å². The summed E-state index contributed by atoms with van der Waals surface area (Å²) in [4.78, 5) is 2.54. The van der Waals surface area contributed by atoms with E-state index in [-0.39, 0.29) is 0 Å². The molecule has 1 aromatic heterocycles. The SMILES string of the molecule is CC.CC.Cc1ccc2c(cnn2C)c1N1CCC(C)CC1. The Morgan fingerprint density at radius 3 is 2.23 bits per heavy atom. The number of rotatable bonds is 1. The number of nitrogens with zero attached hydrogens (tertiary/aromatic N) is 3. The van der Waals surface area contributed by atoms with Crippen molar-refractivity contribution in [1.82, 2.24) is 9.78 Å². The van der Waals surface area contributed by atoms with E-state index in [0.29, 0.717) is 0 Å². The second-order valence-electron chi connectivity index (χ2n) is 5.60. The molecule has 2 heterocycles. The molecule has 22 heavy (non-hydrogen) atoms. The first kappa shape index (κ1) is 18.5. The van der Waals surface area contributed by atoms with Gasteiger partial charge < -0.3 is 4.90 Å². The van der Waals surface area contributed by atoms with Crippen LogP contribution in [0.4, 0.5) is 5.69 Å². The molecule has 1 aliphatic rings. The quantitative estimate of drug-likeness (QED) is 0.724. The Bertz CT molecular complexity index is 563. The number of benzene rings is 1. The van der Waals surface area contributed by atoms with Gasteiger partial charge in [-0.25, -0.2) is 0 Å². The molecule has 0 atom stereocenters. The van der Waals surface area contributed by atoms with Gasteiger partial charge in [0.15, 0.2) is 0 Å². The zero-order valence-electron chi connectivity index (χ0n) is 15.5. The molecular formula is C19H33N3. The summed E-state index contributed by atoms with van der Waals surface area (Å²) < 4.78 is 1.96. The molecule has 0 spiro atoms. The molecule has 1 aliphatic heterocycles. The molecule has 0 N–H and O–H groups in total. The summed E-state index contributed by atoms with van der Waals surface area (Å²) in [6, 6.07) is 4.39. The van der Waals surface area contributed by atoms with Gasteiger partial charge in [0.2, 0.25) is 0 Å². The van der Waals surface area contributed by atoms with Crippen molar-refractivity contribution in [2.45, 2.75) is 54.4 Å². The molecule has 1 saturated heterocycles. The first-order valence-corrected chi connectivity index (χ1v) is 8.83. The van der Waals surface area contributed by atoms with Gasteiger partial charge in [0.05, 0.1) is 17.4 Å². The molecule has 0 radical (unpaired) electrons. The number of aromatic nitrogens is 2. The van der Waals surface area contributed by atoms with E-state index < -0.39 is 0 Å². The summed E-state index contributed by atoms with van der Waals surface area (Å²) in [5.74, 6) is 0.870. The fourth-order valence-corrected chi connectivity index (χ4v) is 2.97. The average molecular weight is 303 g/mol. The first-order chi connectivity index (χ1) is 10.7. The highest BCUT2D eigenvalue weighted by Crippen LogP contribution is 2.32. The third-order valence-electron chi connectivity index (χ3n) is 4.20. The van der Waals surface area contributed by atoms with E-state index in [1.54, 1.807) is 0 Å². The lowest BCUT2D eigenvalue weighted by atomic mass is 9.97. The molecule has 0 bridgehead atoms. The Labute approximate surface area is 136 Å². The Balaban J connectivity index is 0.000000561. The molecule has 3 nitrogen and oxygen atoms in total. The molecule has 2 aromatic rings. The molecule has 0 amide bonds. The minimum absolute atomic E-state index is 0.870. The second-order valence-corrected chi connectivity index (χ2v) is 5.60. The lowest BCUT2D eigenvalue weighted by Gasteiger charge is -2.33. The molecule has 3 rings (SSSR count). The van der Waals surface area contributed by atoms with Crippen molar-refractivity contribution in [2.75, 3.05) is 18.0 Å². The van der Waals surface area contributed by atoms with Crippen molar-refractivity contribution >= 4 is 16.6 Å². The number of hydrogen-bond donors (Lipinski definition) is 0. The van der Waals surface area contributed by atoms with Crippen LogP contribution in [0.3, 0.4) is 0 Å². The maximum atomic E-state index is 4.40. The van der Waals surface area contributed by atoms with Gasteiger partial charge in [-0.2, -0.15) is 5.10 Å². The molecule has 3 heteroatoms. The van der Waals surface area contributed by atoms with E-state index in [9.17, 15) is 0 Å². The fraction of sp³-hybridized carbons (Fsp3) is 0.632. The standard InChI is InChI=1S/C15H21N3.2C2H6/c1-11-6-8-18(9-7-11)15-12(2)4-5-14-13(15)10-16-17(14)3;2*1-2/h4-5,10-11H,6-9H2,1-3H3;2*1-2H3. The summed E-state index contributed by atoms with van der Waals surface area (Å²) in [6.45, 7) is 14.9. The molecular weight excluding hydrogens is 270 g/mol. The largest absolute Gasteiger partial charge is 0.371 e. The van der Waals surface area contributed by atoms with E-state index in [4.69, 9.17) is 0 Å². The summed E-state index contributed by atoms with van der Waals surface area (Å²) in [5, 5.41) is 5.70. The van der Waals surface area contributed by atoms with Crippen LogP contribution in [0, 0.1) is 12.8 Å². The number of aryl methyl sites for hydroxylation is 2. The number of anilines is 1. The summed E-state index contributed by atoms with van der Waals surface area (Å²) >= 11 is 0. The average Bonchev–Trinajstić information content (AvgIpc) is 2.94. The normalized spacial score (nSPS) is 15.0. The maximum Gasteiger partial charge on any atom is 0.0700 e. The maximum absolute atomic E-state index is 4.40. The molecule has 0 aliphatic carbocycles. The minimum Gasteiger partial charge on any atom is -0.371 e. The van der Waals surface area contributed by atoms with E-state index in [0.717, 1.165) is 5.92 Å². The van der Waals surface area contributed by atoms with Crippen molar-refractivity contribution in [3.8, 4) is 0 Å². The topological polar surface area (TPSA) is 21.1 Å². The monoisotopic (exact) mass is 303 g/mol. The highest BCUT2D eigenvalue weighted by Gasteiger charge is 2.20. The minimum atomic E-state index is 0.870. The summed E-state index contributed by atoms with van der Waals surface area (Å²) in [5.41, 5.74) is 3.99. The van der Waals surface area contributed by atoms with Gasteiger partial charge in [0, 0.05) is 25.5 Å². The van der Waals surface area contributed by atoms with Gasteiger partial charge >= 0.3 is 0 Å². The molecule has 1 fully saturated rings. The Hall–Kier alpha value is -1.51. The van der Waals surface area contributed by atoms with Crippen molar-refractivity contribution in [3.63, 3.8) is 0 Å². The van der Waals surface area contributed by atoms with Gasteiger partial charge in [0.25, 0.3) is 0 Å². The zero-order chi connectivity index (χ0) is 16.7. The Morgan fingerprint density at radius 2 is 1.64 bits per heavy atom. The smallest absolute Gasteiger partial charge is 0.0700 e. The van der Waals surface area contributed by atoms with Gasteiger partial charge in [-0.05, 0) is 37.3 Å². The lowest BCUT2D eigenvalue weighted by Crippen LogP contribution is -2.33. The van der Waals surface area contributed by atoms with Gasteiger partial charge in [-0.3, -0.25) is 4.68 Å². The van der Waals surface area contributed by atoms with Crippen LogP contribution in [0.15, 0.2) is 18.3 Å². The predicted molar refractivity (Wildman–Crippen MR) is 98.8 cm³/mol. The predicted octanol–water partition coefficient (Wildman–Crippen LogP) is 5.17. The van der Waals surface area contributed by atoms with Crippen LogP contribution in [0.1, 0.15) is 53.0 Å². The van der Waals surface area contributed by atoms with E-state index >= 15 is 0 Å². The third-order valence-corrected chi connectivity index (χ3v) is 4.20. The van der Waals surface area contributed by atoms with E-state index in [1.807, 2.05) is 45.6 Å². The third kappa shape index (κ3) is 3.82. The van der Waals surface area contributed by atoms with Gasteiger partial charge in [0.1, 0.15) is 0 Å². The van der Waals surface area contributed by atoms with E-state index in [2.05, 4.69) is 36.0 Å². The fourth-order valence-electron chi connectivity index (χ4n) is 2.97. The van der Waals surface area contributed by atoms with Crippen molar-refractivity contribution in [1.29, 1.82) is 0 Å². The Morgan fingerprint density at radius 1 is 1.05 bits per heavy atom. The van der Waals surface area contributed by atoms with Crippen molar-refractivity contribution < 1.29 is 0 Å². The molecule has 1 aromatic carbocycles. The second kappa shape index (κ2) is 8.82. The summed E-state index contributed by atoms with van der Waals surface area (Å²) in [7, 11) is 2.01. The van der Waals surface area contributed by atoms with Gasteiger partial charge in [-0.15, -0.1) is 0 Å². The summed E-state index contributed by atoms with van der Waals surface area (Å²) in [6.07, 6.45) is 4.61. The highest BCUT2D eigenvalue weighted by atomic mass is 15.3. The van der Waals surface area contributed by atoms with E-state index in [1.165, 1.54) is 48.1 Å². The number of piperidine rings is 1. The van der Waals surface area contributed by atoms with Crippen LogP contribution < -0.4 is 4.90 Å². The lowest BCUT2D eigenvalue weighted by molar-refractivity contribution is 0.438. The Kier molecular flexibility index (Phi) is 7.43. The van der Waals surface area contributed by atoms with Crippen LogP contribution in [0.2, 0.25) is 0 Å². The van der Waals surface area contributed by atoms with Crippen molar-refractivity contribution in [3.05, 3.63) is 23.9 Å². The molecule has 0 saturated carbocycles. The van der Waals surface area contributed by atoms with Crippen LogP contribution in [-0.2, 0) is 7.05 Å². The zero-order valence-corrected chi connectivity index (χ0v) is 15.5.